The van der Waals surface area contributed by atoms with Crippen molar-refractivity contribution in [2.24, 2.45) is 4.99 Å². The summed E-state index contributed by atoms with van der Waals surface area (Å²) in [6, 6.07) is 12.6. The largest absolute Gasteiger partial charge is 0.357 e. The van der Waals surface area contributed by atoms with Gasteiger partial charge in [0, 0.05) is 31.4 Å². The number of guanidine groups is 1. The first kappa shape index (κ1) is 23.3. The highest BCUT2D eigenvalue weighted by molar-refractivity contribution is 14.0. The molecule has 5 nitrogen and oxygen atoms in total. The Bertz CT molecular complexity index is 677. The first-order valence-electron chi connectivity index (χ1n) is 8.94. The van der Waals surface area contributed by atoms with Crippen LogP contribution in [-0.2, 0) is 6.42 Å². The lowest BCUT2D eigenvalue weighted by atomic mass is 10.1. The number of nitrogens with zero attached hydrogens (tertiary/aromatic N) is 3. The van der Waals surface area contributed by atoms with E-state index in [1.54, 1.807) is 6.20 Å². The zero-order valence-electron chi connectivity index (χ0n) is 16.2. The standard InChI is InChI=1S/C20H28FN5.HI/c1-4-22-20(24-14-12-18-7-5-6-13-23-18)25-15-19(26(2)3)16-8-10-17(21)11-9-16;/h5-11,13,19H,4,12,14-15H2,1-3H3,(H2,22,24,25);1H. The van der Waals surface area contributed by atoms with Crippen LogP contribution in [0.5, 0.6) is 0 Å². The second kappa shape index (κ2) is 12.6. The number of pyridine rings is 1. The number of hydrogen-bond acceptors (Lipinski definition) is 3. The average Bonchev–Trinajstić information content (AvgIpc) is 2.64. The maximum absolute atomic E-state index is 13.2. The molecule has 1 unspecified atom stereocenters. The fourth-order valence-electron chi connectivity index (χ4n) is 2.63. The second-order valence-electron chi connectivity index (χ2n) is 6.25. The Hall–Kier alpha value is -1.74. The van der Waals surface area contributed by atoms with Crippen LogP contribution < -0.4 is 10.6 Å². The molecule has 1 atom stereocenters. The third-order valence-corrected chi connectivity index (χ3v) is 4.04. The van der Waals surface area contributed by atoms with E-state index in [0.29, 0.717) is 6.54 Å². The summed E-state index contributed by atoms with van der Waals surface area (Å²) in [7, 11) is 4.01. The summed E-state index contributed by atoms with van der Waals surface area (Å²) in [5, 5.41) is 6.61. The number of benzene rings is 1. The molecule has 0 saturated carbocycles. The third-order valence-electron chi connectivity index (χ3n) is 4.04. The van der Waals surface area contributed by atoms with E-state index in [2.05, 4.69) is 20.5 Å². The minimum absolute atomic E-state index is 0. The molecule has 0 fully saturated rings. The predicted molar refractivity (Wildman–Crippen MR) is 120 cm³/mol. The Labute approximate surface area is 178 Å². The van der Waals surface area contributed by atoms with E-state index in [1.165, 1.54) is 12.1 Å². The van der Waals surface area contributed by atoms with Gasteiger partial charge in [-0.2, -0.15) is 0 Å². The highest BCUT2D eigenvalue weighted by atomic mass is 127. The van der Waals surface area contributed by atoms with E-state index in [0.717, 1.165) is 36.7 Å². The fraction of sp³-hybridized carbons (Fsp3) is 0.400. The van der Waals surface area contributed by atoms with Gasteiger partial charge in [-0.25, -0.2) is 4.39 Å². The van der Waals surface area contributed by atoms with Gasteiger partial charge < -0.3 is 15.5 Å². The molecule has 27 heavy (non-hydrogen) atoms. The van der Waals surface area contributed by atoms with Gasteiger partial charge in [-0.15, -0.1) is 24.0 Å². The molecule has 0 spiro atoms. The van der Waals surface area contributed by atoms with Crippen molar-refractivity contribution in [3.63, 3.8) is 0 Å². The number of nitrogens with one attached hydrogen (secondary N) is 2. The van der Waals surface area contributed by atoms with E-state index in [4.69, 9.17) is 4.99 Å². The topological polar surface area (TPSA) is 52.6 Å². The molecule has 0 amide bonds. The Morgan fingerprint density at radius 1 is 1.15 bits per heavy atom. The van der Waals surface area contributed by atoms with E-state index in [-0.39, 0.29) is 35.8 Å². The highest BCUT2D eigenvalue weighted by Gasteiger charge is 2.14. The molecule has 0 bridgehead atoms. The molecule has 2 aromatic rings. The van der Waals surface area contributed by atoms with Gasteiger partial charge in [0.25, 0.3) is 0 Å². The summed E-state index contributed by atoms with van der Waals surface area (Å²) in [6.07, 6.45) is 2.64. The van der Waals surface area contributed by atoms with Gasteiger partial charge in [0.2, 0.25) is 0 Å². The van der Waals surface area contributed by atoms with Crippen LogP contribution in [0, 0.1) is 5.82 Å². The van der Waals surface area contributed by atoms with Crippen LogP contribution in [0.4, 0.5) is 4.39 Å². The van der Waals surface area contributed by atoms with Crippen molar-refractivity contribution in [2.75, 3.05) is 33.7 Å². The highest BCUT2D eigenvalue weighted by Crippen LogP contribution is 2.18. The van der Waals surface area contributed by atoms with Crippen LogP contribution in [0.2, 0.25) is 0 Å². The van der Waals surface area contributed by atoms with E-state index >= 15 is 0 Å². The molecule has 148 valence electrons. The molecular formula is C20H29FIN5. The average molecular weight is 485 g/mol. The molecule has 0 aliphatic carbocycles. The van der Waals surface area contributed by atoms with Gasteiger partial charge in [-0.05, 0) is 50.8 Å². The Kier molecular flexibility index (Phi) is 10.9. The van der Waals surface area contributed by atoms with Crippen LogP contribution in [0.1, 0.15) is 24.2 Å². The van der Waals surface area contributed by atoms with Crippen LogP contribution in [0.15, 0.2) is 53.7 Å². The lowest BCUT2D eigenvalue weighted by molar-refractivity contribution is 0.306. The third kappa shape index (κ3) is 8.21. The molecule has 2 rings (SSSR count). The molecule has 7 heteroatoms. The Balaban J connectivity index is 0.00000364. The molecule has 1 heterocycles. The van der Waals surface area contributed by atoms with E-state index in [1.807, 2.05) is 51.4 Å². The van der Waals surface area contributed by atoms with Crippen LogP contribution in [0.25, 0.3) is 0 Å². The van der Waals surface area contributed by atoms with E-state index < -0.39 is 0 Å². The molecule has 0 aliphatic rings. The van der Waals surface area contributed by atoms with Crippen molar-refractivity contribution in [2.45, 2.75) is 19.4 Å². The number of halogens is 2. The monoisotopic (exact) mass is 485 g/mol. The van der Waals surface area contributed by atoms with E-state index in [9.17, 15) is 4.39 Å². The Morgan fingerprint density at radius 3 is 2.48 bits per heavy atom. The maximum atomic E-state index is 13.2. The van der Waals surface area contributed by atoms with Gasteiger partial charge in [0.05, 0.1) is 12.6 Å². The predicted octanol–water partition coefficient (Wildman–Crippen LogP) is 3.24. The maximum Gasteiger partial charge on any atom is 0.191 e. The minimum Gasteiger partial charge on any atom is -0.357 e. The summed E-state index contributed by atoms with van der Waals surface area (Å²) in [4.78, 5) is 11.1. The zero-order valence-corrected chi connectivity index (χ0v) is 18.5. The van der Waals surface area contributed by atoms with Crippen molar-refractivity contribution in [1.29, 1.82) is 0 Å². The van der Waals surface area contributed by atoms with Crippen molar-refractivity contribution < 1.29 is 4.39 Å². The molecule has 1 aromatic carbocycles. The first-order valence-corrected chi connectivity index (χ1v) is 8.94. The number of likely N-dealkylation sites (N-methyl/N-ethyl adjacent to an activating group) is 1. The van der Waals surface area contributed by atoms with Crippen LogP contribution >= 0.6 is 24.0 Å². The summed E-state index contributed by atoms with van der Waals surface area (Å²) in [6.45, 7) is 4.17. The van der Waals surface area contributed by atoms with Gasteiger partial charge in [0.1, 0.15) is 5.82 Å². The lowest BCUT2D eigenvalue weighted by Gasteiger charge is -2.23. The molecule has 2 N–H and O–H groups in total. The zero-order chi connectivity index (χ0) is 18.8. The summed E-state index contributed by atoms with van der Waals surface area (Å²) < 4.78 is 13.2. The van der Waals surface area contributed by atoms with Crippen molar-refractivity contribution in [3.05, 3.63) is 65.7 Å². The summed E-state index contributed by atoms with van der Waals surface area (Å²) >= 11 is 0. The lowest BCUT2D eigenvalue weighted by Crippen LogP contribution is -2.39. The molecule has 0 radical (unpaired) electrons. The van der Waals surface area contributed by atoms with Gasteiger partial charge in [0.15, 0.2) is 5.96 Å². The van der Waals surface area contributed by atoms with Gasteiger partial charge in [-0.1, -0.05) is 18.2 Å². The molecule has 0 saturated heterocycles. The number of hydrogen-bond donors (Lipinski definition) is 2. The minimum atomic E-state index is -0.223. The van der Waals surface area contributed by atoms with Gasteiger partial charge >= 0.3 is 0 Å². The van der Waals surface area contributed by atoms with Crippen LogP contribution in [0.3, 0.4) is 0 Å². The van der Waals surface area contributed by atoms with Crippen molar-refractivity contribution in [3.8, 4) is 0 Å². The van der Waals surface area contributed by atoms with Crippen molar-refractivity contribution >= 4 is 29.9 Å². The fourth-order valence-corrected chi connectivity index (χ4v) is 2.63. The molecule has 1 aromatic heterocycles. The molecular weight excluding hydrogens is 456 g/mol. The summed E-state index contributed by atoms with van der Waals surface area (Å²) in [5.41, 5.74) is 2.10. The first-order chi connectivity index (χ1) is 12.6. The Morgan fingerprint density at radius 2 is 1.89 bits per heavy atom. The number of aromatic nitrogens is 1. The number of aliphatic imine (C=N–C) groups is 1. The number of rotatable bonds is 8. The SMILES string of the molecule is CCNC(=NCC(c1ccc(F)cc1)N(C)C)NCCc1ccccn1.I. The van der Waals surface area contributed by atoms with Crippen molar-refractivity contribution in [1.82, 2.24) is 20.5 Å². The quantitative estimate of drug-likeness (QED) is 0.343. The normalized spacial score (nSPS) is 12.4. The summed E-state index contributed by atoms with van der Waals surface area (Å²) in [5.74, 6) is 0.552. The smallest absolute Gasteiger partial charge is 0.191 e. The second-order valence-corrected chi connectivity index (χ2v) is 6.25. The van der Waals surface area contributed by atoms with Gasteiger partial charge in [-0.3, -0.25) is 9.98 Å². The van der Waals surface area contributed by atoms with Crippen LogP contribution in [-0.4, -0.2) is 49.6 Å². The molecule has 0 aliphatic heterocycles.